The second kappa shape index (κ2) is 10.7. The maximum atomic E-state index is 2.49. The highest BCUT2D eigenvalue weighted by Gasteiger charge is 2.42. The van der Waals surface area contributed by atoms with Crippen molar-refractivity contribution in [2.45, 2.75) is 73.0 Å². The average Bonchev–Trinajstić information content (AvgIpc) is 3.22. The molecule has 1 aliphatic carbocycles. The maximum Gasteiger partial charge on any atom is 0.217 e. The van der Waals surface area contributed by atoms with Crippen LogP contribution < -0.4 is 10.9 Å². The molecule has 1 heterocycles. The number of allylic oxidation sites excluding steroid dienone is 4. The molecular weight excluding hydrogens is 431 g/mol. The van der Waals surface area contributed by atoms with Crippen molar-refractivity contribution in [3.8, 4) is 0 Å². The molecule has 186 valence electrons. The van der Waals surface area contributed by atoms with Gasteiger partial charge in [-0.05, 0) is 40.3 Å². The number of aryl methyl sites for hydroxylation is 1. The van der Waals surface area contributed by atoms with Crippen molar-refractivity contribution >= 4 is 23.2 Å². The molecule has 5 rings (SSSR count). The van der Waals surface area contributed by atoms with E-state index in [1.54, 1.807) is 0 Å². The van der Waals surface area contributed by atoms with Gasteiger partial charge < -0.3 is 0 Å². The molecule has 0 saturated heterocycles. The number of fused-ring (bicyclic) bond motifs is 3. The predicted molar refractivity (Wildman–Crippen MR) is 161 cm³/mol. The SMILES string of the molecule is CCC(C)(C)C(C)(C)CC.Cc1ccc2c(c1)C1C=C(c3ccccc3)C=CC1B2c1ccccc1. The fourth-order valence-corrected chi connectivity index (χ4v) is 5.63. The van der Waals surface area contributed by atoms with Crippen LogP contribution in [0.25, 0.3) is 5.57 Å². The highest BCUT2D eigenvalue weighted by atomic mass is 14.4. The molecule has 0 radical (unpaired) electrons. The summed E-state index contributed by atoms with van der Waals surface area (Å²) >= 11 is 0. The van der Waals surface area contributed by atoms with E-state index in [4.69, 9.17) is 0 Å². The Morgan fingerprint density at radius 1 is 0.750 bits per heavy atom. The molecule has 0 fully saturated rings. The summed E-state index contributed by atoms with van der Waals surface area (Å²) in [6.45, 7) is 16.6. The molecule has 0 bridgehead atoms. The van der Waals surface area contributed by atoms with Gasteiger partial charge in [0.2, 0.25) is 6.71 Å². The van der Waals surface area contributed by atoms with Crippen LogP contribution in [0.4, 0.5) is 0 Å². The zero-order valence-electron chi connectivity index (χ0n) is 23.4. The summed E-state index contributed by atoms with van der Waals surface area (Å²) in [5.74, 6) is 0.956. The van der Waals surface area contributed by atoms with Crippen LogP contribution in [0.2, 0.25) is 5.82 Å². The van der Waals surface area contributed by atoms with E-state index in [1.165, 1.54) is 46.0 Å². The Hall–Kier alpha value is -2.80. The minimum atomic E-state index is 0.446. The van der Waals surface area contributed by atoms with Gasteiger partial charge in [0.25, 0.3) is 0 Å². The first-order valence-electron chi connectivity index (χ1n) is 13.8. The minimum Gasteiger partial charge on any atom is -0.0864 e. The normalized spacial score (nSPS) is 18.6. The van der Waals surface area contributed by atoms with Crippen LogP contribution >= 0.6 is 0 Å². The maximum absolute atomic E-state index is 2.49. The molecule has 3 aromatic carbocycles. The topological polar surface area (TPSA) is 0 Å². The van der Waals surface area contributed by atoms with Gasteiger partial charge in [-0.1, -0.05) is 168 Å². The van der Waals surface area contributed by atoms with E-state index in [0.717, 1.165) is 0 Å². The van der Waals surface area contributed by atoms with Crippen LogP contribution in [0.1, 0.15) is 77.0 Å². The minimum absolute atomic E-state index is 0.446. The Morgan fingerprint density at radius 3 is 1.92 bits per heavy atom. The van der Waals surface area contributed by atoms with Crippen molar-refractivity contribution < 1.29 is 0 Å². The van der Waals surface area contributed by atoms with E-state index in [1.807, 2.05) is 0 Å². The lowest BCUT2D eigenvalue weighted by atomic mass is 9.35. The van der Waals surface area contributed by atoms with Gasteiger partial charge >= 0.3 is 0 Å². The van der Waals surface area contributed by atoms with Gasteiger partial charge in [0.1, 0.15) is 0 Å². The second-order valence-corrected chi connectivity index (χ2v) is 11.9. The molecule has 2 unspecified atom stereocenters. The van der Waals surface area contributed by atoms with Crippen LogP contribution in [0.5, 0.6) is 0 Å². The Morgan fingerprint density at radius 2 is 1.33 bits per heavy atom. The monoisotopic (exact) mass is 474 g/mol. The van der Waals surface area contributed by atoms with Crippen LogP contribution in [-0.4, -0.2) is 6.71 Å². The van der Waals surface area contributed by atoms with Gasteiger partial charge in [0, 0.05) is 5.92 Å². The molecule has 0 aromatic heterocycles. The van der Waals surface area contributed by atoms with E-state index in [0.29, 0.717) is 29.3 Å². The molecule has 0 saturated carbocycles. The molecule has 0 amide bonds. The van der Waals surface area contributed by atoms with Crippen LogP contribution in [0.15, 0.2) is 97.1 Å². The smallest absolute Gasteiger partial charge is 0.0864 e. The highest BCUT2D eigenvalue weighted by Crippen LogP contribution is 2.45. The zero-order chi connectivity index (χ0) is 25.9. The lowest BCUT2D eigenvalue weighted by Gasteiger charge is -2.40. The number of hydrogen-bond acceptors (Lipinski definition) is 0. The van der Waals surface area contributed by atoms with Crippen molar-refractivity contribution in [1.82, 2.24) is 0 Å². The van der Waals surface area contributed by atoms with E-state index in [2.05, 4.69) is 146 Å². The molecular formula is C35H43B. The van der Waals surface area contributed by atoms with Gasteiger partial charge in [-0.15, -0.1) is 0 Å². The fourth-order valence-electron chi connectivity index (χ4n) is 5.63. The number of benzene rings is 3. The van der Waals surface area contributed by atoms with E-state index < -0.39 is 0 Å². The molecule has 36 heavy (non-hydrogen) atoms. The van der Waals surface area contributed by atoms with Crippen LogP contribution in [0, 0.1) is 17.8 Å². The first kappa shape index (κ1) is 26.3. The lowest BCUT2D eigenvalue weighted by molar-refractivity contribution is 0.0998. The summed E-state index contributed by atoms with van der Waals surface area (Å²) < 4.78 is 0. The third-order valence-electron chi connectivity index (χ3n) is 9.46. The van der Waals surface area contributed by atoms with Gasteiger partial charge in [-0.25, -0.2) is 0 Å². The first-order chi connectivity index (χ1) is 17.2. The third-order valence-corrected chi connectivity index (χ3v) is 9.46. The van der Waals surface area contributed by atoms with E-state index in [9.17, 15) is 0 Å². The van der Waals surface area contributed by atoms with Gasteiger partial charge in [0.05, 0.1) is 0 Å². The van der Waals surface area contributed by atoms with Crippen molar-refractivity contribution in [2.75, 3.05) is 0 Å². The average molecular weight is 475 g/mol. The summed E-state index contributed by atoms with van der Waals surface area (Å²) in [6, 6.07) is 28.7. The highest BCUT2D eigenvalue weighted by molar-refractivity contribution is 6.88. The quantitative estimate of drug-likeness (QED) is 0.325. The molecule has 0 nitrogen and oxygen atoms in total. The molecule has 2 atom stereocenters. The van der Waals surface area contributed by atoms with Crippen molar-refractivity contribution in [3.63, 3.8) is 0 Å². The van der Waals surface area contributed by atoms with Gasteiger partial charge in [-0.3, -0.25) is 0 Å². The molecule has 2 aliphatic rings. The predicted octanol–water partition coefficient (Wildman–Crippen LogP) is 8.58. The Bertz CT molecular complexity index is 1200. The van der Waals surface area contributed by atoms with Crippen molar-refractivity contribution in [1.29, 1.82) is 0 Å². The van der Waals surface area contributed by atoms with Crippen molar-refractivity contribution in [3.05, 3.63) is 114 Å². The Labute approximate surface area is 220 Å². The number of hydrogen-bond donors (Lipinski definition) is 0. The molecule has 0 spiro atoms. The first-order valence-corrected chi connectivity index (χ1v) is 13.8. The van der Waals surface area contributed by atoms with E-state index in [-0.39, 0.29) is 0 Å². The Kier molecular flexibility index (Phi) is 7.79. The van der Waals surface area contributed by atoms with Crippen LogP contribution in [-0.2, 0) is 0 Å². The zero-order valence-corrected chi connectivity index (χ0v) is 23.4. The van der Waals surface area contributed by atoms with Gasteiger partial charge in [-0.2, -0.15) is 0 Å². The molecule has 0 N–H and O–H groups in total. The van der Waals surface area contributed by atoms with Crippen molar-refractivity contribution in [2.24, 2.45) is 10.8 Å². The summed E-state index contributed by atoms with van der Waals surface area (Å²) in [4.78, 5) is 0. The van der Waals surface area contributed by atoms with Gasteiger partial charge in [0.15, 0.2) is 0 Å². The summed E-state index contributed by atoms with van der Waals surface area (Å²) in [6.07, 6.45) is 9.80. The van der Waals surface area contributed by atoms with E-state index >= 15 is 0 Å². The summed E-state index contributed by atoms with van der Waals surface area (Å²) in [5, 5.41) is 0. The largest absolute Gasteiger partial charge is 0.217 e. The third kappa shape index (κ3) is 5.17. The fraction of sp³-hybridized carbons (Fsp3) is 0.371. The Balaban J connectivity index is 0.000000261. The lowest BCUT2D eigenvalue weighted by Crippen LogP contribution is -2.42. The molecule has 3 aromatic rings. The standard InChI is InChI=1S/C25H21B.C10H22/c1-18-12-14-24-22(16-18)23-17-20(19-8-4-2-5-9-19)13-15-25(23)26(24)21-10-6-3-7-11-21;1-7-9(3,4)10(5,6)8-2/h2-17,23,25H,1H3;7-8H2,1-6H3. The molecule has 1 aliphatic heterocycles. The summed E-state index contributed by atoms with van der Waals surface area (Å²) in [7, 11) is 0. The molecule has 1 heteroatoms. The second-order valence-electron chi connectivity index (χ2n) is 11.9. The summed E-state index contributed by atoms with van der Waals surface area (Å²) in [5.41, 5.74) is 9.39. The number of rotatable bonds is 5. The van der Waals surface area contributed by atoms with Crippen LogP contribution in [0.3, 0.4) is 0 Å².